The van der Waals surface area contributed by atoms with Crippen LogP contribution in [0.1, 0.15) is 30.9 Å². The number of pyridine rings is 1. The smallest absolute Gasteiger partial charge is 0.387 e. The van der Waals surface area contributed by atoms with Crippen LogP contribution in [-0.4, -0.2) is 61.6 Å². The van der Waals surface area contributed by atoms with Gasteiger partial charge in [-0.1, -0.05) is 0 Å². The van der Waals surface area contributed by atoms with Gasteiger partial charge in [-0.2, -0.15) is 18.4 Å². The first kappa shape index (κ1) is 23.4. The van der Waals surface area contributed by atoms with Gasteiger partial charge in [0.25, 0.3) is 0 Å². The highest BCUT2D eigenvalue weighted by atomic mass is 19.4. The SMILES string of the molecule is CC(Nc1ncc(C#N)c(-c2c[nH]c3ncc(C(F)(F)F)cc23)n1)C1CCN(C(=O)CO)CC1. The highest BCUT2D eigenvalue weighted by molar-refractivity contribution is 5.94. The van der Waals surface area contributed by atoms with E-state index in [2.05, 4.69) is 25.3 Å². The number of nitrogens with one attached hydrogen (secondary N) is 2. The molecule has 0 spiro atoms. The van der Waals surface area contributed by atoms with Crippen molar-refractivity contribution in [3.8, 4) is 17.3 Å². The standard InChI is InChI=1S/C22H22F3N7O2/c1-12(13-2-4-32(5-3-13)18(34)11-33)30-21-29-8-14(7-26)19(31-21)17-10-28-20-16(17)6-15(9-27-20)22(23,24)25/h6,8-10,12-13,33H,2-5,11H2,1H3,(H,27,28)(H,29,30,31). The van der Waals surface area contributed by atoms with Gasteiger partial charge in [0, 0.05) is 42.5 Å². The number of hydrogen-bond donors (Lipinski definition) is 3. The molecule has 1 aliphatic heterocycles. The number of aliphatic hydroxyl groups excluding tert-OH is 1. The molecule has 4 heterocycles. The summed E-state index contributed by atoms with van der Waals surface area (Å²) >= 11 is 0. The van der Waals surface area contributed by atoms with E-state index in [1.54, 1.807) is 4.90 Å². The van der Waals surface area contributed by atoms with Crippen LogP contribution >= 0.6 is 0 Å². The van der Waals surface area contributed by atoms with Gasteiger partial charge in [-0.05, 0) is 31.7 Å². The Morgan fingerprint density at radius 3 is 2.74 bits per heavy atom. The number of nitriles is 1. The Labute approximate surface area is 192 Å². The highest BCUT2D eigenvalue weighted by Crippen LogP contribution is 2.35. The third kappa shape index (κ3) is 4.65. The Bertz CT molecular complexity index is 1240. The predicted molar refractivity (Wildman–Crippen MR) is 116 cm³/mol. The number of H-pyrrole nitrogens is 1. The van der Waals surface area contributed by atoms with Gasteiger partial charge >= 0.3 is 6.18 Å². The molecule has 4 rings (SSSR count). The van der Waals surface area contributed by atoms with Gasteiger partial charge < -0.3 is 20.3 Å². The number of hydrogen-bond acceptors (Lipinski definition) is 7. The minimum atomic E-state index is -4.56. The van der Waals surface area contributed by atoms with Crippen molar-refractivity contribution < 1.29 is 23.1 Å². The minimum absolute atomic E-state index is 0.0615. The average Bonchev–Trinajstić information content (AvgIpc) is 3.26. The summed E-state index contributed by atoms with van der Waals surface area (Å²) in [6.07, 6.45) is 0.470. The molecule has 12 heteroatoms. The summed E-state index contributed by atoms with van der Waals surface area (Å²) in [6, 6.07) is 2.91. The molecular weight excluding hydrogens is 451 g/mol. The van der Waals surface area contributed by atoms with E-state index in [0.717, 1.165) is 25.1 Å². The first-order chi connectivity index (χ1) is 16.2. The summed E-state index contributed by atoms with van der Waals surface area (Å²) in [5, 5.41) is 22.0. The fourth-order valence-electron chi connectivity index (χ4n) is 4.16. The number of nitrogens with zero attached hydrogens (tertiary/aromatic N) is 5. The number of piperidine rings is 1. The number of halogens is 3. The highest BCUT2D eigenvalue weighted by Gasteiger charge is 2.32. The van der Waals surface area contributed by atoms with Crippen molar-refractivity contribution in [2.45, 2.75) is 32.0 Å². The molecule has 3 aromatic rings. The summed E-state index contributed by atoms with van der Waals surface area (Å²) in [5.41, 5.74) is -0.0154. The average molecular weight is 473 g/mol. The van der Waals surface area contributed by atoms with Crippen LogP contribution < -0.4 is 5.32 Å². The van der Waals surface area contributed by atoms with Gasteiger partial charge in [0.1, 0.15) is 18.3 Å². The molecule has 0 aromatic carbocycles. The summed E-state index contributed by atoms with van der Waals surface area (Å²) in [5.74, 6) is 0.169. The van der Waals surface area contributed by atoms with Crippen molar-refractivity contribution in [3.63, 3.8) is 0 Å². The number of aliphatic hydroxyl groups is 1. The number of likely N-dealkylation sites (tertiary alicyclic amines) is 1. The van der Waals surface area contributed by atoms with Crippen molar-refractivity contribution in [2.75, 3.05) is 25.0 Å². The molecule has 1 amide bonds. The van der Waals surface area contributed by atoms with Gasteiger partial charge in [0.15, 0.2) is 0 Å². The van der Waals surface area contributed by atoms with E-state index in [-0.39, 0.29) is 46.1 Å². The Kier molecular flexibility index (Phi) is 6.39. The zero-order valence-electron chi connectivity index (χ0n) is 18.2. The number of fused-ring (bicyclic) bond motifs is 1. The van der Waals surface area contributed by atoms with Crippen LogP contribution in [-0.2, 0) is 11.0 Å². The molecule has 1 fully saturated rings. The molecule has 0 bridgehead atoms. The van der Waals surface area contributed by atoms with Gasteiger partial charge in [-0.15, -0.1) is 0 Å². The van der Waals surface area contributed by atoms with Crippen molar-refractivity contribution in [1.82, 2.24) is 24.8 Å². The van der Waals surface area contributed by atoms with Crippen LogP contribution in [0.2, 0.25) is 0 Å². The number of anilines is 1. The van der Waals surface area contributed by atoms with Crippen LogP contribution in [0.25, 0.3) is 22.3 Å². The van der Waals surface area contributed by atoms with Gasteiger partial charge in [0.2, 0.25) is 11.9 Å². The van der Waals surface area contributed by atoms with Crippen LogP contribution in [0.3, 0.4) is 0 Å². The van der Waals surface area contributed by atoms with Crippen molar-refractivity contribution >= 4 is 22.9 Å². The monoisotopic (exact) mass is 473 g/mol. The number of carbonyl (C=O) groups excluding carboxylic acids is 1. The third-order valence-corrected chi connectivity index (χ3v) is 6.11. The third-order valence-electron chi connectivity index (χ3n) is 6.11. The molecule has 3 aromatic heterocycles. The Morgan fingerprint density at radius 2 is 2.09 bits per heavy atom. The number of aromatic amines is 1. The van der Waals surface area contributed by atoms with E-state index < -0.39 is 18.3 Å². The van der Waals surface area contributed by atoms with Crippen LogP contribution in [0.4, 0.5) is 19.1 Å². The first-order valence-corrected chi connectivity index (χ1v) is 10.7. The molecule has 1 aliphatic rings. The van der Waals surface area contributed by atoms with Crippen LogP contribution in [0.15, 0.2) is 24.7 Å². The second-order valence-corrected chi connectivity index (χ2v) is 8.20. The molecule has 9 nitrogen and oxygen atoms in total. The lowest BCUT2D eigenvalue weighted by Gasteiger charge is -2.34. The normalized spacial score (nSPS) is 15.8. The zero-order chi connectivity index (χ0) is 24.5. The molecular formula is C22H22F3N7O2. The molecule has 0 radical (unpaired) electrons. The quantitative estimate of drug-likeness (QED) is 0.519. The fourth-order valence-corrected chi connectivity index (χ4v) is 4.16. The van der Waals surface area contributed by atoms with Crippen LogP contribution in [0, 0.1) is 17.2 Å². The lowest BCUT2D eigenvalue weighted by molar-refractivity contribution is -0.137. The summed E-state index contributed by atoms with van der Waals surface area (Å²) < 4.78 is 39.6. The van der Waals surface area contributed by atoms with Crippen molar-refractivity contribution in [2.24, 2.45) is 5.92 Å². The second kappa shape index (κ2) is 9.26. The lowest BCUT2D eigenvalue weighted by Crippen LogP contribution is -2.43. The maximum absolute atomic E-state index is 13.2. The van der Waals surface area contributed by atoms with Crippen LogP contribution in [0.5, 0.6) is 0 Å². The Morgan fingerprint density at radius 1 is 1.35 bits per heavy atom. The van der Waals surface area contributed by atoms with E-state index in [0.29, 0.717) is 18.7 Å². The number of alkyl halides is 3. The number of aromatic nitrogens is 4. The van der Waals surface area contributed by atoms with Gasteiger partial charge in [-0.3, -0.25) is 4.79 Å². The van der Waals surface area contributed by atoms with Gasteiger partial charge in [-0.25, -0.2) is 15.0 Å². The first-order valence-electron chi connectivity index (χ1n) is 10.7. The van der Waals surface area contributed by atoms with E-state index >= 15 is 0 Å². The Balaban J connectivity index is 1.59. The summed E-state index contributed by atoms with van der Waals surface area (Å²) in [6.45, 7) is 2.54. The lowest BCUT2D eigenvalue weighted by atomic mass is 9.90. The maximum Gasteiger partial charge on any atom is 0.417 e. The van der Waals surface area contributed by atoms with E-state index in [4.69, 9.17) is 5.11 Å². The fraction of sp³-hybridized carbons (Fsp3) is 0.409. The molecule has 1 unspecified atom stereocenters. The van der Waals surface area contributed by atoms with Crippen molar-refractivity contribution in [1.29, 1.82) is 5.26 Å². The number of amides is 1. The maximum atomic E-state index is 13.2. The largest absolute Gasteiger partial charge is 0.417 e. The molecule has 34 heavy (non-hydrogen) atoms. The number of rotatable bonds is 5. The molecule has 3 N–H and O–H groups in total. The summed E-state index contributed by atoms with van der Waals surface area (Å²) in [4.78, 5) is 28.6. The van der Waals surface area contributed by atoms with Crippen molar-refractivity contribution in [3.05, 3.63) is 35.8 Å². The molecule has 178 valence electrons. The molecule has 0 aliphatic carbocycles. The molecule has 1 atom stereocenters. The van der Waals surface area contributed by atoms with Gasteiger partial charge in [0.05, 0.1) is 23.0 Å². The Hall–Kier alpha value is -3.72. The zero-order valence-corrected chi connectivity index (χ0v) is 18.2. The number of carbonyl (C=O) groups is 1. The topological polar surface area (TPSA) is 131 Å². The summed E-state index contributed by atoms with van der Waals surface area (Å²) in [7, 11) is 0. The second-order valence-electron chi connectivity index (χ2n) is 8.20. The minimum Gasteiger partial charge on any atom is -0.387 e. The molecule has 0 saturated carbocycles. The van der Waals surface area contributed by atoms with E-state index in [1.165, 1.54) is 12.4 Å². The van der Waals surface area contributed by atoms with E-state index in [9.17, 15) is 23.2 Å². The molecule has 1 saturated heterocycles. The van der Waals surface area contributed by atoms with E-state index in [1.807, 2.05) is 13.0 Å². The predicted octanol–water partition coefficient (Wildman–Crippen LogP) is 2.94.